The lowest BCUT2D eigenvalue weighted by Gasteiger charge is -2.19. The Morgan fingerprint density at radius 1 is 1.04 bits per heavy atom. The van der Waals surface area contributed by atoms with Crippen molar-refractivity contribution < 1.29 is 12.8 Å². The Kier molecular flexibility index (Phi) is 4.15. The highest BCUT2D eigenvalue weighted by molar-refractivity contribution is 7.92. The fraction of sp³-hybridized carbons (Fsp3) is 0.100. The standard InChI is InChI=1S/C20H16FN3O3S/c1-13-9-10-24-18-8-7-16(12-17(18)20(25)22-19(24)11-13)28(26,27)23(2)15-5-3-14(21)4-6-15/h3-12H,1-2H3. The Morgan fingerprint density at radius 3 is 2.46 bits per heavy atom. The Hall–Kier alpha value is -3.26. The Bertz CT molecular complexity index is 1380. The molecule has 6 nitrogen and oxygen atoms in total. The number of aryl methyl sites for hydroxylation is 1. The van der Waals surface area contributed by atoms with Crippen molar-refractivity contribution in [3.8, 4) is 0 Å². The minimum atomic E-state index is -3.94. The molecular weight excluding hydrogens is 381 g/mol. The van der Waals surface area contributed by atoms with Crippen LogP contribution in [0.2, 0.25) is 0 Å². The molecule has 0 N–H and O–H groups in total. The van der Waals surface area contributed by atoms with Gasteiger partial charge in [-0.3, -0.25) is 9.10 Å². The third kappa shape index (κ3) is 2.91. The van der Waals surface area contributed by atoms with E-state index in [9.17, 15) is 17.6 Å². The maximum absolute atomic E-state index is 13.1. The maximum atomic E-state index is 13.1. The molecule has 2 heterocycles. The number of aromatic nitrogens is 2. The average molecular weight is 397 g/mol. The molecule has 0 amide bonds. The first-order chi connectivity index (χ1) is 13.3. The summed E-state index contributed by atoms with van der Waals surface area (Å²) in [6.45, 7) is 1.90. The van der Waals surface area contributed by atoms with E-state index in [0.29, 0.717) is 16.9 Å². The van der Waals surface area contributed by atoms with Gasteiger partial charge in [0.1, 0.15) is 11.5 Å². The van der Waals surface area contributed by atoms with E-state index >= 15 is 0 Å². The molecule has 8 heteroatoms. The molecule has 0 saturated heterocycles. The van der Waals surface area contributed by atoms with Crippen molar-refractivity contribution >= 4 is 32.3 Å². The molecule has 0 spiro atoms. The lowest BCUT2D eigenvalue weighted by atomic mass is 10.2. The van der Waals surface area contributed by atoms with Crippen LogP contribution in [0.4, 0.5) is 10.1 Å². The van der Waals surface area contributed by atoms with Crippen molar-refractivity contribution in [1.29, 1.82) is 0 Å². The quantitative estimate of drug-likeness (QED) is 0.498. The molecule has 0 bridgehead atoms. The van der Waals surface area contributed by atoms with Crippen LogP contribution in [0.3, 0.4) is 0 Å². The van der Waals surface area contributed by atoms with Crippen molar-refractivity contribution in [2.75, 3.05) is 11.4 Å². The zero-order chi connectivity index (χ0) is 20.1. The smallest absolute Gasteiger partial charge is 0.281 e. The Morgan fingerprint density at radius 2 is 1.75 bits per heavy atom. The van der Waals surface area contributed by atoms with Gasteiger partial charge in [0.15, 0.2) is 0 Å². The lowest BCUT2D eigenvalue weighted by Crippen LogP contribution is -2.26. The minimum Gasteiger partial charge on any atom is -0.301 e. The number of rotatable bonds is 3. The van der Waals surface area contributed by atoms with Gasteiger partial charge < -0.3 is 4.40 Å². The number of fused-ring (bicyclic) bond motifs is 3. The van der Waals surface area contributed by atoms with Crippen molar-refractivity contribution in [2.24, 2.45) is 0 Å². The van der Waals surface area contributed by atoms with Crippen LogP contribution in [0.15, 0.2) is 70.5 Å². The summed E-state index contributed by atoms with van der Waals surface area (Å²) < 4.78 is 41.9. The number of sulfonamides is 1. The first-order valence-electron chi connectivity index (χ1n) is 8.45. The summed E-state index contributed by atoms with van der Waals surface area (Å²) in [5.41, 5.74) is 1.84. The molecule has 0 saturated carbocycles. The zero-order valence-corrected chi connectivity index (χ0v) is 15.9. The second-order valence-electron chi connectivity index (χ2n) is 6.48. The highest BCUT2D eigenvalue weighted by Crippen LogP contribution is 2.24. The predicted octanol–water partition coefficient (Wildman–Crippen LogP) is 3.12. The number of anilines is 1. The molecule has 0 aliphatic carbocycles. The summed E-state index contributed by atoms with van der Waals surface area (Å²) in [5, 5.41) is 0.204. The van der Waals surface area contributed by atoms with Crippen molar-refractivity contribution in [1.82, 2.24) is 9.38 Å². The van der Waals surface area contributed by atoms with Crippen molar-refractivity contribution in [3.05, 3.63) is 82.5 Å². The first kappa shape index (κ1) is 18.1. The summed E-state index contributed by atoms with van der Waals surface area (Å²) in [7, 11) is -2.56. The van der Waals surface area contributed by atoms with Crippen LogP contribution < -0.4 is 9.86 Å². The first-order valence-corrected chi connectivity index (χ1v) is 9.89. The molecule has 4 aromatic rings. The van der Waals surface area contributed by atoms with E-state index in [-0.39, 0.29) is 10.3 Å². The SMILES string of the molecule is Cc1ccn2c(c1)nc(=O)c1cc(S(=O)(=O)N(C)c3ccc(F)cc3)ccc12. The van der Waals surface area contributed by atoms with Crippen LogP contribution in [0.1, 0.15) is 5.56 Å². The summed E-state index contributed by atoms with van der Waals surface area (Å²) in [4.78, 5) is 16.5. The molecule has 0 fully saturated rings. The fourth-order valence-corrected chi connectivity index (χ4v) is 4.27. The molecular formula is C20H16FN3O3S. The number of nitrogens with zero attached hydrogens (tertiary/aromatic N) is 3. The molecule has 2 aromatic carbocycles. The number of hydrogen-bond acceptors (Lipinski definition) is 4. The Labute approximate surface area is 160 Å². The number of hydrogen-bond donors (Lipinski definition) is 0. The van der Waals surface area contributed by atoms with Gasteiger partial charge in [0.2, 0.25) is 0 Å². The molecule has 0 unspecified atom stereocenters. The number of pyridine rings is 1. The molecule has 0 radical (unpaired) electrons. The van der Waals surface area contributed by atoms with Gasteiger partial charge in [0.05, 0.1) is 21.5 Å². The zero-order valence-electron chi connectivity index (χ0n) is 15.1. The Balaban J connectivity index is 1.88. The molecule has 0 atom stereocenters. The van der Waals surface area contributed by atoms with E-state index in [1.54, 1.807) is 22.7 Å². The van der Waals surface area contributed by atoms with Crippen LogP contribution in [0, 0.1) is 12.7 Å². The molecule has 0 aliphatic heterocycles. The molecule has 0 aliphatic rings. The van der Waals surface area contributed by atoms with Gasteiger partial charge in [-0.1, -0.05) is 0 Å². The number of benzene rings is 2. The van der Waals surface area contributed by atoms with Gasteiger partial charge in [0.25, 0.3) is 15.6 Å². The van der Waals surface area contributed by atoms with Gasteiger partial charge in [0, 0.05) is 13.2 Å². The monoisotopic (exact) mass is 397 g/mol. The van der Waals surface area contributed by atoms with Crippen molar-refractivity contribution in [2.45, 2.75) is 11.8 Å². The topological polar surface area (TPSA) is 71.8 Å². The largest absolute Gasteiger partial charge is 0.301 e. The van der Waals surface area contributed by atoms with Gasteiger partial charge >= 0.3 is 0 Å². The van der Waals surface area contributed by atoms with Gasteiger partial charge in [-0.25, -0.2) is 12.8 Å². The lowest BCUT2D eigenvalue weighted by molar-refractivity contribution is 0.594. The van der Waals surface area contributed by atoms with Gasteiger partial charge in [-0.2, -0.15) is 4.98 Å². The fourth-order valence-electron chi connectivity index (χ4n) is 3.05. The van der Waals surface area contributed by atoms with E-state index in [4.69, 9.17) is 0 Å². The van der Waals surface area contributed by atoms with Crippen LogP contribution in [-0.4, -0.2) is 24.9 Å². The summed E-state index contributed by atoms with van der Waals surface area (Å²) >= 11 is 0. The van der Waals surface area contributed by atoms with E-state index in [1.165, 1.54) is 43.4 Å². The summed E-state index contributed by atoms with van der Waals surface area (Å²) in [6, 6.07) is 13.2. The van der Waals surface area contributed by atoms with Crippen molar-refractivity contribution in [3.63, 3.8) is 0 Å². The highest BCUT2D eigenvalue weighted by atomic mass is 32.2. The second-order valence-corrected chi connectivity index (χ2v) is 8.45. The van der Waals surface area contributed by atoms with Crippen LogP contribution in [0.25, 0.3) is 16.6 Å². The van der Waals surface area contributed by atoms with Gasteiger partial charge in [-0.15, -0.1) is 0 Å². The molecule has 2 aromatic heterocycles. The van der Waals surface area contributed by atoms with E-state index in [0.717, 1.165) is 9.87 Å². The normalized spacial score (nSPS) is 11.8. The second kappa shape index (κ2) is 6.42. The molecule has 28 heavy (non-hydrogen) atoms. The van der Waals surface area contributed by atoms with E-state index in [1.807, 2.05) is 13.0 Å². The highest BCUT2D eigenvalue weighted by Gasteiger charge is 2.22. The maximum Gasteiger partial charge on any atom is 0.281 e. The number of halogens is 1. The third-order valence-corrected chi connectivity index (χ3v) is 6.39. The van der Waals surface area contributed by atoms with Gasteiger partial charge in [-0.05, 0) is 67.1 Å². The van der Waals surface area contributed by atoms with E-state index in [2.05, 4.69) is 4.98 Å². The van der Waals surface area contributed by atoms with E-state index < -0.39 is 21.4 Å². The third-order valence-electron chi connectivity index (χ3n) is 4.61. The summed E-state index contributed by atoms with van der Waals surface area (Å²) in [6.07, 6.45) is 1.79. The predicted molar refractivity (Wildman–Crippen MR) is 106 cm³/mol. The molecule has 4 rings (SSSR count). The van der Waals surface area contributed by atoms with Crippen LogP contribution in [-0.2, 0) is 10.0 Å². The summed E-state index contributed by atoms with van der Waals surface area (Å²) in [5.74, 6) is -0.457. The molecule has 142 valence electrons. The van der Waals surface area contributed by atoms with Crippen LogP contribution in [0.5, 0.6) is 0 Å². The average Bonchev–Trinajstić information content (AvgIpc) is 2.67. The minimum absolute atomic E-state index is 0.0437. The van der Waals surface area contributed by atoms with Crippen LogP contribution >= 0.6 is 0 Å².